The predicted octanol–water partition coefficient (Wildman–Crippen LogP) is 6.07. The molecule has 0 nitrogen and oxygen atoms in total. The van der Waals surface area contributed by atoms with Crippen molar-refractivity contribution < 1.29 is 22.0 Å². The van der Waals surface area contributed by atoms with Gasteiger partial charge in [-0.1, -0.05) is 0 Å². The molecule has 1 radical (unpaired) electrons. The first kappa shape index (κ1) is 18.8. The zero-order valence-electron chi connectivity index (χ0n) is 12.0. The van der Waals surface area contributed by atoms with Crippen LogP contribution in [0.3, 0.4) is 0 Å². The van der Waals surface area contributed by atoms with Gasteiger partial charge in [0.2, 0.25) is 0 Å². The van der Waals surface area contributed by atoms with E-state index in [1.54, 1.807) is 0 Å². The van der Waals surface area contributed by atoms with Crippen LogP contribution in [0.5, 0.6) is 0 Å². The van der Waals surface area contributed by atoms with E-state index in [9.17, 15) is 22.0 Å². The fourth-order valence-corrected chi connectivity index (χ4v) is 12.0. The first-order valence-electron chi connectivity index (χ1n) is 6.97. The van der Waals surface area contributed by atoms with E-state index in [1.165, 1.54) is 0 Å². The van der Waals surface area contributed by atoms with Crippen molar-refractivity contribution >= 4 is 23.3 Å². The first-order chi connectivity index (χ1) is 9.93. The summed E-state index contributed by atoms with van der Waals surface area (Å²) in [7, 11) is 0.929. The van der Waals surface area contributed by atoms with Crippen molar-refractivity contribution in [2.45, 2.75) is 54.9 Å². The van der Waals surface area contributed by atoms with Gasteiger partial charge in [-0.2, -0.15) is 0 Å². The molecule has 1 aromatic rings. The number of halogens is 5. The van der Waals surface area contributed by atoms with Crippen molar-refractivity contribution in [2.75, 3.05) is 0 Å². The number of benzene rings is 1. The molecule has 0 bridgehead atoms. The summed E-state index contributed by atoms with van der Waals surface area (Å²) in [6, 6.07) is 0. The van der Waals surface area contributed by atoms with E-state index >= 15 is 0 Å². The van der Waals surface area contributed by atoms with Crippen molar-refractivity contribution in [2.24, 2.45) is 0 Å². The van der Waals surface area contributed by atoms with Crippen LogP contribution < -0.4 is 0 Å². The fraction of sp³-hybridized carbons (Fsp3) is 0.571. The van der Waals surface area contributed by atoms with Crippen LogP contribution in [0.4, 0.5) is 22.0 Å². The number of rotatable bonds is 8. The molecular formula is C14H18F5GeS. The summed E-state index contributed by atoms with van der Waals surface area (Å²) in [4.78, 5) is -0.686. The van der Waals surface area contributed by atoms with Gasteiger partial charge in [0.15, 0.2) is 0 Å². The van der Waals surface area contributed by atoms with Gasteiger partial charge < -0.3 is 0 Å². The van der Waals surface area contributed by atoms with Gasteiger partial charge >= 0.3 is 129 Å². The minimum atomic E-state index is -2.09. The van der Waals surface area contributed by atoms with Crippen LogP contribution >= 0.6 is 10.1 Å². The average Bonchev–Trinajstić information content (AvgIpc) is 2.49. The molecule has 0 fully saturated rings. The Morgan fingerprint density at radius 2 is 1.10 bits per heavy atom. The van der Waals surface area contributed by atoms with E-state index in [4.69, 9.17) is 0 Å². The van der Waals surface area contributed by atoms with Crippen molar-refractivity contribution in [3.05, 3.63) is 29.1 Å². The Bertz CT molecular complexity index is 444. The van der Waals surface area contributed by atoms with E-state index in [0.29, 0.717) is 0 Å². The SMILES string of the molecule is CCC[CH2][Ge]([CH2]CCC)[S]c1c(F)c(F)c(F)c(F)c1F. The number of hydrogen-bond acceptors (Lipinski definition) is 1. The molecule has 1 aromatic carbocycles. The Morgan fingerprint density at radius 3 is 1.48 bits per heavy atom. The van der Waals surface area contributed by atoms with Crippen LogP contribution in [-0.4, -0.2) is 13.2 Å². The van der Waals surface area contributed by atoms with Crippen molar-refractivity contribution in [3.8, 4) is 0 Å². The molecule has 0 aliphatic heterocycles. The van der Waals surface area contributed by atoms with E-state index in [-0.39, 0.29) is 0 Å². The van der Waals surface area contributed by atoms with E-state index in [0.717, 1.165) is 46.3 Å². The van der Waals surface area contributed by atoms with Gasteiger partial charge in [-0.25, -0.2) is 0 Å². The van der Waals surface area contributed by atoms with Gasteiger partial charge in [0.25, 0.3) is 0 Å². The van der Waals surface area contributed by atoms with Crippen LogP contribution in [0.25, 0.3) is 0 Å². The van der Waals surface area contributed by atoms with Crippen LogP contribution in [0.15, 0.2) is 4.90 Å². The molecule has 0 atom stereocenters. The third-order valence-electron chi connectivity index (χ3n) is 3.03. The Hall–Kier alpha value is -0.237. The molecule has 21 heavy (non-hydrogen) atoms. The van der Waals surface area contributed by atoms with Gasteiger partial charge in [0.1, 0.15) is 0 Å². The van der Waals surface area contributed by atoms with Gasteiger partial charge in [-0.05, 0) is 0 Å². The standard InChI is InChI=1S/C14H18F5GeS/c1-3-5-7-20(8-6-4-2)21-14-12(18)10(16)9(15)11(17)13(14)19/h3-8H2,1-2H3. The zero-order valence-corrected chi connectivity index (χ0v) is 15.0. The van der Waals surface area contributed by atoms with Crippen LogP contribution in [0.1, 0.15) is 39.5 Å². The molecule has 0 unspecified atom stereocenters. The predicted molar refractivity (Wildman–Crippen MR) is 77.3 cm³/mol. The van der Waals surface area contributed by atoms with Crippen LogP contribution in [0, 0.1) is 29.1 Å². The summed E-state index contributed by atoms with van der Waals surface area (Å²) < 4.78 is 66.8. The second kappa shape index (κ2) is 9.03. The maximum atomic E-state index is 13.7. The second-order valence-corrected chi connectivity index (χ2v) is 14.0. The summed E-state index contributed by atoms with van der Waals surface area (Å²) >= 11 is -1.93. The molecule has 0 spiro atoms. The molecule has 119 valence electrons. The maximum absolute atomic E-state index is 13.7. The van der Waals surface area contributed by atoms with Gasteiger partial charge in [-0.3, -0.25) is 0 Å². The summed E-state index contributed by atoms with van der Waals surface area (Å²) in [5.41, 5.74) is 0. The summed E-state index contributed by atoms with van der Waals surface area (Å²) in [6.45, 7) is 4.03. The average molecular weight is 386 g/mol. The summed E-state index contributed by atoms with van der Waals surface area (Å²) in [5, 5.41) is 1.72. The normalized spacial score (nSPS) is 11.4. The minimum absolute atomic E-state index is 0.686. The molecule has 0 aliphatic rings. The van der Waals surface area contributed by atoms with Crippen molar-refractivity contribution in [1.29, 1.82) is 0 Å². The van der Waals surface area contributed by atoms with Crippen molar-refractivity contribution in [3.63, 3.8) is 0 Å². The van der Waals surface area contributed by atoms with Gasteiger partial charge in [0.05, 0.1) is 0 Å². The van der Waals surface area contributed by atoms with Gasteiger partial charge in [0, 0.05) is 0 Å². The number of unbranched alkanes of at least 4 members (excludes halogenated alkanes) is 2. The molecule has 0 amide bonds. The van der Waals surface area contributed by atoms with E-state index in [2.05, 4.69) is 0 Å². The fourth-order valence-electron chi connectivity index (χ4n) is 1.79. The van der Waals surface area contributed by atoms with E-state index < -0.39 is 47.2 Å². The zero-order chi connectivity index (χ0) is 16.0. The Balaban J connectivity index is 3.02. The van der Waals surface area contributed by atoms with Gasteiger partial charge in [-0.15, -0.1) is 0 Å². The molecule has 0 saturated carbocycles. The molecule has 1 rings (SSSR count). The van der Waals surface area contributed by atoms with Crippen molar-refractivity contribution in [1.82, 2.24) is 0 Å². The Labute approximate surface area is 129 Å². The summed E-state index contributed by atoms with van der Waals surface area (Å²) in [6.07, 6.45) is 3.78. The third-order valence-corrected chi connectivity index (χ3v) is 12.9. The number of hydrogen-bond donors (Lipinski definition) is 0. The monoisotopic (exact) mass is 387 g/mol. The second-order valence-electron chi connectivity index (χ2n) is 4.75. The van der Waals surface area contributed by atoms with Crippen LogP contribution in [0.2, 0.25) is 10.5 Å². The molecule has 7 heteroatoms. The first-order valence-corrected chi connectivity index (χ1v) is 13.3. The quantitative estimate of drug-likeness (QED) is 0.226. The third kappa shape index (κ3) is 4.88. The van der Waals surface area contributed by atoms with Crippen LogP contribution in [-0.2, 0) is 0 Å². The molecule has 0 aromatic heterocycles. The summed E-state index contributed by atoms with van der Waals surface area (Å²) in [5.74, 6) is -9.15. The van der Waals surface area contributed by atoms with E-state index in [1.807, 2.05) is 13.8 Å². The Morgan fingerprint density at radius 1 is 0.714 bits per heavy atom. The molecular weight excluding hydrogens is 368 g/mol. The molecule has 0 saturated heterocycles. The molecule has 0 aliphatic carbocycles. The molecule has 0 N–H and O–H groups in total. The topological polar surface area (TPSA) is 0 Å². The molecule has 0 heterocycles. The Kier molecular flexibility index (Phi) is 8.09.